The van der Waals surface area contributed by atoms with Crippen molar-refractivity contribution in [3.63, 3.8) is 0 Å². The Balaban J connectivity index is 1.62. The second-order valence-electron chi connectivity index (χ2n) is 9.97. The van der Waals surface area contributed by atoms with E-state index in [2.05, 4.69) is 52.1 Å². The first-order chi connectivity index (χ1) is 20.3. The number of para-hydroxylation sites is 1. The molecule has 1 N–H and O–H groups in total. The molecule has 0 aliphatic carbocycles. The van der Waals surface area contributed by atoms with Gasteiger partial charge >= 0.3 is 5.97 Å². The summed E-state index contributed by atoms with van der Waals surface area (Å²) in [5.74, 6) is 0.149. The number of thiazole rings is 1. The first-order valence-electron chi connectivity index (χ1n) is 13.5. The van der Waals surface area contributed by atoms with Crippen LogP contribution < -0.4 is 19.6 Å². The Labute approximate surface area is 254 Å². The summed E-state index contributed by atoms with van der Waals surface area (Å²) in [5, 5.41) is 1.03. The van der Waals surface area contributed by atoms with Crippen LogP contribution in [0.1, 0.15) is 36.6 Å². The van der Waals surface area contributed by atoms with E-state index in [1.807, 2.05) is 48.5 Å². The van der Waals surface area contributed by atoms with Gasteiger partial charge in [0.15, 0.2) is 4.80 Å². The first-order valence-corrected chi connectivity index (χ1v) is 15.1. The van der Waals surface area contributed by atoms with Crippen molar-refractivity contribution in [1.82, 2.24) is 9.55 Å². The highest BCUT2D eigenvalue weighted by atomic mass is 79.9. The average molecular weight is 643 g/mol. The molecule has 42 heavy (non-hydrogen) atoms. The summed E-state index contributed by atoms with van der Waals surface area (Å²) in [7, 11) is 1.59. The number of benzene rings is 3. The third-order valence-corrected chi connectivity index (χ3v) is 9.03. The Morgan fingerprint density at radius 2 is 1.90 bits per heavy atom. The molecule has 1 atom stereocenters. The zero-order chi connectivity index (χ0) is 29.5. The smallest absolute Gasteiger partial charge is 0.338 e. The quantitative estimate of drug-likeness (QED) is 0.230. The lowest BCUT2D eigenvalue weighted by atomic mass is 9.96. The van der Waals surface area contributed by atoms with Gasteiger partial charge in [-0.05, 0) is 71.6 Å². The van der Waals surface area contributed by atoms with Crippen LogP contribution in [-0.4, -0.2) is 29.2 Å². The van der Waals surface area contributed by atoms with Gasteiger partial charge in [0.1, 0.15) is 5.75 Å². The molecule has 0 bridgehead atoms. The molecule has 3 heterocycles. The standard InChI is InChI=1S/C33H28BrN3O4S/c1-5-41-32(39)27-19(3)35-33-37(30(27)21-14-15-25(40-4)24(34)16-21)31(38)26(42-33)17-23-22-13-9-10-18(2)28(22)36-29(23)20-11-7-6-8-12-20/h6-17,30,36H,5H2,1-4H3/b26-17+/t30-/m0/s1. The minimum absolute atomic E-state index is 0.210. The summed E-state index contributed by atoms with van der Waals surface area (Å²) >= 11 is 4.87. The first kappa shape index (κ1) is 27.9. The number of nitrogens with one attached hydrogen (secondary N) is 1. The Kier molecular flexibility index (Phi) is 7.47. The number of aryl methyl sites for hydroxylation is 1. The van der Waals surface area contributed by atoms with Gasteiger partial charge in [0.05, 0.1) is 45.7 Å². The van der Waals surface area contributed by atoms with E-state index in [1.54, 1.807) is 25.5 Å². The molecule has 0 saturated carbocycles. The van der Waals surface area contributed by atoms with Gasteiger partial charge in [0.2, 0.25) is 0 Å². The number of halogens is 1. The monoisotopic (exact) mass is 641 g/mol. The highest BCUT2D eigenvalue weighted by Crippen LogP contribution is 2.36. The van der Waals surface area contributed by atoms with Crippen molar-refractivity contribution in [2.45, 2.75) is 26.8 Å². The second kappa shape index (κ2) is 11.2. The van der Waals surface area contributed by atoms with E-state index in [0.717, 1.165) is 38.9 Å². The third kappa shape index (κ3) is 4.72. The molecule has 1 aliphatic rings. The Hall–Kier alpha value is -4.21. The van der Waals surface area contributed by atoms with Crippen LogP contribution in [0.15, 0.2) is 92.3 Å². The maximum Gasteiger partial charge on any atom is 0.338 e. The number of hydrogen-bond acceptors (Lipinski definition) is 6. The van der Waals surface area contributed by atoms with Gasteiger partial charge in [-0.1, -0.05) is 65.9 Å². The molecular formula is C33H28BrN3O4S. The fourth-order valence-electron chi connectivity index (χ4n) is 5.46. The number of fused-ring (bicyclic) bond motifs is 2. The largest absolute Gasteiger partial charge is 0.496 e. The number of ether oxygens (including phenoxy) is 2. The van der Waals surface area contributed by atoms with Gasteiger partial charge in [-0.15, -0.1) is 0 Å². The summed E-state index contributed by atoms with van der Waals surface area (Å²) in [6.07, 6.45) is 1.94. The Morgan fingerprint density at radius 1 is 1.12 bits per heavy atom. The van der Waals surface area contributed by atoms with Gasteiger partial charge in [0, 0.05) is 16.5 Å². The number of carbonyl (C=O) groups excluding carboxylic acids is 1. The van der Waals surface area contributed by atoms with Crippen LogP contribution in [0.5, 0.6) is 5.75 Å². The predicted molar refractivity (Wildman–Crippen MR) is 170 cm³/mol. The van der Waals surface area contributed by atoms with Crippen LogP contribution in [-0.2, 0) is 9.53 Å². The number of H-pyrrole nitrogens is 1. The molecule has 0 radical (unpaired) electrons. The minimum Gasteiger partial charge on any atom is -0.496 e. The maximum absolute atomic E-state index is 14.3. The molecule has 1 aliphatic heterocycles. The molecule has 0 amide bonds. The second-order valence-corrected chi connectivity index (χ2v) is 11.8. The number of esters is 1. The Bertz CT molecular complexity index is 2070. The Morgan fingerprint density at radius 3 is 2.62 bits per heavy atom. The van der Waals surface area contributed by atoms with E-state index in [9.17, 15) is 9.59 Å². The topological polar surface area (TPSA) is 85.7 Å². The molecular weight excluding hydrogens is 614 g/mol. The predicted octanol–water partition coefficient (Wildman–Crippen LogP) is 6.03. The number of allylic oxidation sites excluding steroid dienone is 1. The number of rotatable bonds is 6. The summed E-state index contributed by atoms with van der Waals surface area (Å²) in [6, 6.07) is 21.1. The van der Waals surface area contributed by atoms with Crippen LogP contribution in [0.3, 0.4) is 0 Å². The molecule has 2 aromatic heterocycles. The molecule has 0 unspecified atom stereocenters. The molecule has 6 rings (SSSR count). The van der Waals surface area contributed by atoms with Crippen molar-refractivity contribution < 1.29 is 14.3 Å². The summed E-state index contributed by atoms with van der Waals surface area (Å²) in [5.41, 5.74) is 6.38. The molecule has 9 heteroatoms. The molecule has 212 valence electrons. The summed E-state index contributed by atoms with van der Waals surface area (Å²) < 4.78 is 13.7. The summed E-state index contributed by atoms with van der Waals surface area (Å²) in [4.78, 5) is 36.4. The normalized spacial score (nSPS) is 15.1. The SMILES string of the molecule is CCOC(=O)C1=C(C)N=c2s/c(=C/c3c(-c4ccccc4)[nH]c4c(C)cccc34)c(=O)n2[C@H]1c1ccc(OC)c(Br)c1. The fraction of sp³-hybridized carbons (Fsp3) is 0.182. The highest BCUT2D eigenvalue weighted by Gasteiger charge is 2.33. The van der Waals surface area contributed by atoms with Crippen LogP contribution >= 0.6 is 27.3 Å². The van der Waals surface area contributed by atoms with Crippen molar-refractivity contribution in [1.29, 1.82) is 0 Å². The van der Waals surface area contributed by atoms with Crippen molar-refractivity contribution in [2.24, 2.45) is 4.99 Å². The average Bonchev–Trinajstić information content (AvgIpc) is 3.50. The molecule has 5 aromatic rings. The van der Waals surface area contributed by atoms with Crippen LogP contribution in [0.25, 0.3) is 28.2 Å². The molecule has 0 fully saturated rings. The lowest BCUT2D eigenvalue weighted by molar-refractivity contribution is -0.139. The molecule has 7 nitrogen and oxygen atoms in total. The van der Waals surface area contributed by atoms with Crippen LogP contribution in [0, 0.1) is 6.92 Å². The van der Waals surface area contributed by atoms with Crippen molar-refractivity contribution in [3.8, 4) is 17.0 Å². The van der Waals surface area contributed by atoms with Crippen molar-refractivity contribution >= 4 is 50.2 Å². The van der Waals surface area contributed by atoms with Crippen molar-refractivity contribution in [2.75, 3.05) is 13.7 Å². The number of methoxy groups -OCH3 is 1. The highest BCUT2D eigenvalue weighted by molar-refractivity contribution is 9.10. The zero-order valence-electron chi connectivity index (χ0n) is 23.5. The minimum atomic E-state index is -0.719. The lowest BCUT2D eigenvalue weighted by Crippen LogP contribution is -2.40. The van der Waals surface area contributed by atoms with Crippen molar-refractivity contribution in [3.05, 3.63) is 119 Å². The molecule has 3 aromatic carbocycles. The molecule has 0 saturated heterocycles. The molecule has 0 spiro atoms. The van der Waals surface area contributed by atoms with E-state index in [-0.39, 0.29) is 12.2 Å². The number of aromatic nitrogens is 2. The number of aromatic amines is 1. The fourth-order valence-corrected chi connectivity index (χ4v) is 7.05. The third-order valence-electron chi connectivity index (χ3n) is 7.43. The van der Waals surface area contributed by atoms with E-state index < -0.39 is 12.0 Å². The number of nitrogens with zero attached hydrogens (tertiary/aromatic N) is 2. The maximum atomic E-state index is 14.3. The lowest BCUT2D eigenvalue weighted by Gasteiger charge is -2.25. The number of carbonyl (C=O) groups is 1. The van der Waals surface area contributed by atoms with Gasteiger partial charge in [0.25, 0.3) is 5.56 Å². The van der Waals surface area contributed by atoms with Gasteiger partial charge in [-0.25, -0.2) is 9.79 Å². The number of hydrogen-bond donors (Lipinski definition) is 1. The zero-order valence-corrected chi connectivity index (χ0v) is 25.9. The van der Waals surface area contributed by atoms with E-state index >= 15 is 0 Å². The van der Waals surface area contributed by atoms with E-state index in [4.69, 9.17) is 14.5 Å². The van der Waals surface area contributed by atoms with E-state index in [0.29, 0.717) is 30.8 Å². The van der Waals surface area contributed by atoms with Gasteiger partial charge in [-0.3, -0.25) is 9.36 Å². The van der Waals surface area contributed by atoms with E-state index in [1.165, 1.54) is 11.3 Å². The van der Waals surface area contributed by atoms with Crippen LogP contribution in [0.4, 0.5) is 0 Å². The van der Waals surface area contributed by atoms with Crippen LogP contribution in [0.2, 0.25) is 0 Å². The summed E-state index contributed by atoms with van der Waals surface area (Å²) in [6.45, 7) is 5.82. The van der Waals surface area contributed by atoms with Gasteiger partial charge < -0.3 is 14.5 Å². The van der Waals surface area contributed by atoms with Gasteiger partial charge in [-0.2, -0.15) is 0 Å².